The highest BCUT2D eigenvalue weighted by molar-refractivity contribution is 5.78. The molecule has 5 heteroatoms. The van der Waals surface area contributed by atoms with Crippen molar-refractivity contribution in [3.8, 4) is 5.75 Å². The number of nitrogens with zero attached hydrogens (tertiary/aromatic N) is 2. The Morgan fingerprint density at radius 1 is 1.24 bits per heavy atom. The monoisotopic (exact) mass is 335 g/mol. The van der Waals surface area contributed by atoms with E-state index in [0.717, 1.165) is 39.5 Å². The minimum atomic E-state index is -0.0282. The SMILES string of the molecule is COc1cc(C)c([C@H]2CC(=O)NCc3nc4ccccn4c32)cc1C. The molecule has 3 heterocycles. The third-order valence-corrected chi connectivity index (χ3v) is 4.97. The largest absolute Gasteiger partial charge is 0.496 e. The van der Waals surface area contributed by atoms with E-state index < -0.39 is 0 Å². The van der Waals surface area contributed by atoms with E-state index in [4.69, 9.17) is 9.72 Å². The van der Waals surface area contributed by atoms with Crippen LogP contribution in [0.3, 0.4) is 0 Å². The minimum absolute atomic E-state index is 0.0282. The van der Waals surface area contributed by atoms with Gasteiger partial charge in [0.2, 0.25) is 5.91 Å². The molecule has 0 fully saturated rings. The lowest BCUT2D eigenvalue weighted by molar-refractivity contribution is -0.121. The van der Waals surface area contributed by atoms with Gasteiger partial charge in [-0.25, -0.2) is 4.98 Å². The Morgan fingerprint density at radius 2 is 2.08 bits per heavy atom. The summed E-state index contributed by atoms with van der Waals surface area (Å²) in [6.45, 7) is 4.58. The Labute approximate surface area is 146 Å². The summed E-state index contributed by atoms with van der Waals surface area (Å²) in [4.78, 5) is 17.0. The number of pyridine rings is 1. The highest BCUT2D eigenvalue weighted by Gasteiger charge is 2.30. The van der Waals surface area contributed by atoms with Crippen LogP contribution in [-0.4, -0.2) is 22.4 Å². The lowest BCUT2D eigenvalue weighted by Gasteiger charge is -2.20. The van der Waals surface area contributed by atoms with Crippen LogP contribution in [0, 0.1) is 13.8 Å². The van der Waals surface area contributed by atoms with Crippen molar-refractivity contribution in [2.45, 2.75) is 32.7 Å². The fraction of sp³-hybridized carbons (Fsp3) is 0.300. The summed E-state index contributed by atoms with van der Waals surface area (Å²) in [5, 5.41) is 2.98. The summed E-state index contributed by atoms with van der Waals surface area (Å²) in [5.41, 5.74) is 6.30. The Kier molecular flexibility index (Phi) is 3.71. The molecule has 1 aliphatic rings. The fourth-order valence-electron chi connectivity index (χ4n) is 3.76. The summed E-state index contributed by atoms with van der Waals surface area (Å²) in [6.07, 6.45) is 2.44. The van der Waals surface area contributed by atoms with Gasteiger partial charge in [0.1, 0.15) is 11.4 Å². The number of imidazole rings is 1. The average Bonchev–Trinajstić information content (AvgIpc) is 2.89. The van der Waals surface area contributed by atoms with Gasteiger partial charge in [-0.2, -0.15) is 0 Å². The molecule has 3 aromatic rings. The number of amides is 1. The van der Waals surface area contributed by atoms with Crippen LogP contribution in [0.15, 0.2) is 36.5 Å². The molecule has 2 aromatic heterocycles. The van der Waals surface area contributed by atoms with E-state index in [1.165, 1.54) is 0 Å². The van der Waals surface area contributed by atoms with Crippen LogP contribution in [-0.2, 0) is 11.3 Å². The van der Waals surface area contributed by atoms with Crippen molar-refractivity contribution in [3.05, 3.63) is 64.6 Å². The Balaban J connectivity index is 1.95. The predicted molar refractivity (Wildman–Crippen MR) is 96.0 cm³/mol. The highest BCUT2D eigenvalue weighted by atomic mass is 16.5. The number of carbonyl (C=O) groups is 1. The van der Waals surface area contributed by atoms with E-state index in [2.05, 4.69) is 28.8 Å². The molecule has 0 radical (unpaired) electrons. The number of methoxy groups -OCH3 is 1. The minimum Gasteiger partial charge on any atom is -0.496 e. The van der Waals surface area contributed by atoms with Crippen molar-refractivity contribution >= 4 is 11.6 Å². The zero-order valence-corrected chi connectivity index (χ0v) is 14.7. The first-order valence-electron chi connectivity index (χ1n) is 8.46. The highest BCUT2D eigenvalue weighted by Crippen LogP contribution is 2.37. The normalized spacial score (nSPS) is 17.1. The first-order valence-corrected chi connectivity index (χ1v) is 8.46. The molecule has 0 spiro atoms. The zero-order valence-electron chi connectivity index (χ0n) is 14.7. The van der Waals surface area contributed by atoms with E-state index in [0.29, 0.717) is 13.0 Å². The van der Waals surface area contributed by atoms with Crippen LogP contribution < -0.4 is 10.1 Å². The lowest BCUT2D eigenvalue weighted by Crippen LogP contribution is -2.21. The van der Waals surface area contributed by atoms with Crippen LogP contribution in [0.4, 0.5) is 0 Å². The zero-order chi connectivity index (χ0) is 17.6. The molecule has 0 saturated carbocycles. The third kappa shape index (κ3) is 2.56. The van der Waals surface area contributed by atoms with E-state index in [1.54, 1.807) is 7.11 Å². The number of nitrogens with one attached hydrogen (secondary N) is 1. The number of fused-ring (bicyclic) bond motifs is 3. The van der Waals surface area contributed by atoms with Crippen LogP contribution >= 0.6 is 0 Å². The van der Waals surface area contributed by atoms with Gasteiger partial charge >= 0.3 is 0 Å². The molecular formula is C20H21N3O2. The molecule has 1 amide bonds. The summed E-state index contributed by atoms with van der Waals surface area (Å²) in [6, 6.07) is 10.2. The molecule has 25 heavy (non-hydrogen) atoms. The standard InChI is InChI=1S/C20H21N3O2/c1-12-9-17(25-3)13(2)8-14(12)15-10-19(24)21-11-16-20(15)23-7-5-4-6-18(23)22-16/h4-9,15H,10-11H2,1-3H3,(H,21,24)/t15-/m1/s1. The molecule has 0 unspecified atom stereocenters. The summed E-state index contributed by atoms with van der Waals surface area (Å²) in [5.74, 6) is 0.901. The number of aryl methyl sites for hydroxylation is 2. The molecule has 128 valence electrons. The number of hydrogen-bond donors (Lipinski definition) is 1. The van der Waals surface area contributed by atoms with Gasteiger partial charge in [0, 0.05) is 18.5 Å². The number of aromatic nitrogens is 2. The topological polar surface area (TPSA) is 55.6 Å². The van der Waals surface area contributed by atoms with Gasteiger partial charge in [0.05, 0.1) is 25.0 Å². The number of rotatable bonds is 2. The number of carbonyl (C=O) groups excluding carboxylic acids is 1. The van der Waals surface area contributed by atoms with Crippen LogP contribution in [0.2, 0.25) is 0 Å². The number of ether oxygens (including phenoxy) is 1. The van der Waals surface area contributed by atoms with Gasteiger partial charge in [-0.1, -0.05) is 12.1 Å². The van der Waals surface area contributed by atoms with Crippen molar-refractivity contribution < 1.29 is 9.53 Å². The number of hydrogen-bond acceptors (Lipinski definition) is 3. The molecule has 1 atom stereocenters. The van der Waals surface area contributed by atoms with Gasteiger partial charge in [0.15, 0.2) is 0 Å². The molecular weight excluding hydrogens is 314 g/mol. The Morgan fingerprint density at radius 3 is 2.88 bits per heavy atom. The molecule has 0 aliphatic carbocycles. The molecule has 0 bridgehead atoms. The maximum absolute atomic E-state index is 12.3. The molecule has 5 nitrogen and oxygen atoms in total. The maximum Gasteiger partial charge on any atom is 0.221 e. The second kappa shape index (κ2) is 5.92. The second-order valence-corrected chi connectivity index (χ2v) is 6.58. The summed E-state index contributed by atoms with van der Waals surface area (Å²) < 4.78 is 7.55. The molecule has 1 N–H and O–H groups in total. The molecule has 0 saturated heterocycles. The quantitative estimate of drug-likeness (QED) is 0.783. The Bertz CT molecular complexity index is 974. The van der Waals surface area contributed by atoms with Crippen LogP contribution in [0.5, 0.6) is 5.75 Å². The molecule has 1 aliphatic heterocycles. The van der Waals surface area contributed by atoms with Gasteiger partial charge in [-0.3, -0.25) is 4.79 Å². The van der Waals surface area contributed by atoms with Crippen molar-refractivity contribution in [2.24, 2.45) is 0 Å². The molecule has 4 rings (SSSR count). The fourth-order valence-corrected chi connectivity index (χ4v) is 3.76. The number of benzene rings is 1. The average molecular weight is 335 g/mol. The second-order valence-electron chi connectivity index (χ2n) is 6.58. The first kappa shape index (κ1) is 15.7. The van der Waals surface area contributed by atoms with E-state index in [1.807, 2.05) is 31.3 Å². The maximum atomic E-state index is 12.3. The summed E-state index contributed by atoms with van der Waals surface area (Å²) >= 11 is 0. The van der Waals surface area contributed by atoms with Crippen molar-refractivity contribution in [2.75, 3.05) is 7.11 Å². The van der Waals surface area contributed by atoms with E-state index in [-0.39, 0.29) is 11.8 Å². The molecule has 1 aromatic carbocycles. The van der Waals surface area contributed by atoms with Crippen LogP contribution in [0.25, 0.3) is 5.65 Å². The van der Waals surface area contributed by atoms with E-state index in [9.17, 15) is 4.79 Å². The predicted octanol–water partition coefficient (Wildman–Crippen LogP) is 3.11. The van der Waals surface area contributed by atoms with Crippen molar-refractivity contribution in [3.63, 3.8) is 0 Å². The lowest BCUT2D eigenvalue weighted by atomic mass is 9.87. The van der Waals surface area contributed by atoms with Crippen molar-refractivity contribution in [1.29, 1.82) is 0 Å². The summed E-state index contributed by atoms with van der Waals surface area (Å²) in [7, 11) is 1.68. The van der Waals surface area contributed by atoms with Gasteiger partial charge in [0.25, 0.3) is 0 Å². The smallest absolute Gasteiger partial charge is 0.221 e. The first-order chi connectivity index (χ1) is 12.1. The van der Waals surface area contributed by atoms with Crippen LogP contribution in [0.1, 0.15) is 40.4 Å². The van der Waals surface area contributed by atoms with Gasteiger partial charge < -0.3 is 14.5 Å². The Hall–Kier alpha value is -2.82. The van der Waals surface area contributed by atoms with E-state index >= 15 is 0 Å². The van der Waals surface area contributed by atoms with Gasteiger partial charge in [-0.15, -0.1) is 0 Å². The van der Waals surface area contributed by atoms with Crippen molar-refractivity contribution in [1.82, 2.24) is 14.7 Å². The van der Waals surface area contributed by atoms with Gasteiger partial charge in [-0.05, 0) is 48.7 Å². The third-order valence-electron chi connectivity index (χ3n) is 4.97.